The van der Waals surface area contributed by atoms with E-state index in [1.807, 2.05) is 37.7 Å². The Morgan fingerprint density at radius 1 is 1.08 bits per heavy atom. The smallest absolute Gasteiger partial charge is 0.224 e. The first-order chi connectivity index (χ1) is 12.4. The van der Waals surface area contributed by atoms with Gasteiger partial charge in [-0.2, -0.15) is 5.10 Å². The van der Waals surface area contributed by atoms with E-state index in [-0.39, 0.29) is 5.91 Å². The molecule has 1 aromatic heterocycles. The van der Waals surface area contributed by atoms with E-state index in [1.165, 1.54) is 11.3 Å². The number of benzene rings is 1. The van der Waals surface area contributed by atoms with Gasteiger partial charge in [-0.25, -0.2) is 0 Å². The van der Waals surface area contributed by atoms with Crippen molar-refractivity contribution < 1.29 is 4.79 Å². The third-order valence-corrected chi connectivity index (χ3v) is 5.28. The molecule has 2 aromatic rings. The molecule has 1 aliphatic rings. The fourth-order valence-corrected chi connectivity index (χ4v) is 3.46. The first-order valence-corrected chi connectivity index (χ1v) is 9.26. The van der Waals surface area contributed by atoms with Gasteiger partial charge in [0.05, 0.1) is 5.69 Å². The van der Waals surface area contributed by atoms with Crippen LogP contribution in [0.3, 0.4) is 0 Å². The lowest BCUT2D eigenvalue weighted by atomic mass is 10.1. The van der Waals surface area contributed by atoms with Crippen molar-refractivity contribution in [2.24, 2.45) is 7.05 Å². The highest BCUT2D eigenvalue weighted by molar-refractivity contribution is 5.91. The Bertz CT molecular complexity index is 757. The van der Waals surface area contributed by atoms with Crippen LogP contribution in [0.1, 0.15) is 23.4 Å². The SMILES string of the molecule is Cc1nn(C)c(C)c1CCC(=O)Nc1ccc(N2CCN(C)CC2)cc1. The summed E-state index contributed by atoms with van der Waals surface area (Å²) in [6, 6.07) is 8.17. The zero-order valence-corrected chi connectivity index (χ0v) is 16.2. The molecule has 0 atom stereocenters. The number of likely N-dealkylation sites (N-methyl/N-ethyl adjacent to an activating group) is 1. The normalized spacial score (nSPS) is 15.3. The van der Waals surface area contributed by atoms with Crippen LogP contribution >= 0.6 is 0 Å². The van der Waals surface area contributed by atoms with E-state index in [2.05, 4.69) is 39.4 Å². The molecule has 1 aromatic carbocycles. The van der Waals surface area contributed by atoms with Crippen LogP contribution in [0, 0.1) is 13.8 Å². The molecule has 1 saturated heterocycles. The number of nitrogens with one attached hydrogen (secondary N) is 1. The highest BCUT2D eigenvalue weighted by atomic mass is 16.1. The second-order valence-electron chi connectivity index (χ2n) is 7.16. The van der Waals surface area contributed by atoms with Crippen molar-refractivity contribution in [2.75, 3.05) is 43.4 Å². The molecule has 140 valence electrons. The summed E-state index contributed by atoms with van der Waals surface area (Å²) in [6.07, 6.45) is 1.18. The van der Waals surface area contributed by atoms with Crippen LogP contribution in [-0.2, 0) is 18.3 Å². The lowest BCUT2D eigenvalue weighted by molar-refractivity contribution is -0.116. The van der Waals surface area contributed by atoms with Crippen molar-refractivity contribution in [1.82, 2.24) is 14.7 Å². The molecule has 0 aliphatic carbocycles. The number of nitrogens with zero attached hydrogens (tertiary/aromatic N) is 4. The van der Waals surface area contributed by atoms with Gasteiger partial charge in [-0.1, -0.05) is 0 Å². The first kappa shape index (κ1) is 18.5. The topological polar surface area (TPSA) is 53.4 Å². The van der Waals surface area contributed by atoms with Crippen LogP contribution in [0.25, 0.3) is 0 Å². The number of piperazine rings is 1. The number of carbonyl (C=O) groups excluding carboxylic acids is 1. The molecular formula is C20H29N5O. The van der Waals surface area contributed by atoms with E-state index < -0.39 is 0 Å². The van der Waals surface area contributed by atoms with Crippen LogP contribution in [0.4, 0.5) is 11.4 Å². The van der Waals surface area contributed by atoms with E-state index in [0.29, 0.717) is 6.42 Å². The van der Waals surface area contributed by atoms with Gasteiger partial charge >= 0.3 is 0 Å². The van der Waals surface area contributed by atoms with Gasteiger partial charge in [-0.3, -0.25) is 9.48 Å². The maximum Gasteiger partial charge on any atom is 0.224 e. The Kier molecular flexibility index (Phi) is 5.61. The lowest BCUT2D eigenvalue weighted by Crippen LogP contribution is -2.44. The Morgan fingerprint density at radius 3 is 2.31 bits per heavy atom. The maximum atomic E-state index is 12.3. The largest absolute Gasteiger partial charge is 0.369 e. The second kappa shape index (κ2) is 7.91. The fourth-order valence-electron chi connectivity index (χ4n) is 3.46. The number of hydrogen-bond donors (Lipinski definition) is 1. The summed E-state index contributed by atoms with van der Waals surface area (Å²) in [5.74, 6) is 0.0417. The van der Waals surface area contributed by atoms with Crippen LogP contribution < -0.4 is 10.2 Å². The van der Waals surface area contributed by atoms with Gasteiger partial charge in [0.2, 0.25) is 5.91 Å². The molecule has 0 spiro atoms. The van der Waals surface area contributed by atoms with Crippen molar-refractivity contribution in [3.63, 3.8) is 0 Å². The van der Waals surface area contributed by atoms with Gasteiger partial charge in [0.15, 0.2) is 0 Å². The summed E-state index contributed by atoms with van der Waals surface area (Å²) in [5, 5.41) is 7.41. The number of hydrogen-bond acceptors (Lipinski definition) is 4. The predicted octanol–water partition coefficient (Wildman–Crippen LogP) is 2.36. The Morgan fingerprint density at radius 2 is 1.73 bits per heavy atom. The minimum Gasteiger partial charge on any atom is -0.369 e. The van der Waals surface area contributed by atoms with E-state index in [0.717, 1.165) is 49.7 Å². The molecule has 1 amide bonds. The fraction of sp³-hybridized carbons (Fsp3) is 0.500. The second-order valence-corrected chi connectivity index (χ2v) is 7.16. The molecule has 0 radical (unpaired) electrons. The Labute approximate surface area is 155 Å². The predicted molar refractivity (Wildman–Crippen MR) is 106 cm³/mol. The summed E-state index contributed by atoms with van der Waals surface area (Å²) in [7, 11) is 4.10. The molecule has 2 heterocycles. The van der Waals surface area contributed by atoms with Crippen LogP contribution in [0.2, 0.25) is 0 Å². The third-order valence-electron chi connectivity index (χ3n) is 5.28. The van der Waals surface area contributed by atoms with E-state index >= 15 is 0 Å². The maximum absolute atomic E-state index is 12.3. The van der Waals surface area contributed by atoms with Gasteiger partial charge in [0.25, 0.3) is 0 Å². The molecule has 26 heavy (non-hydrogen) atoms. The molecule has 1 aliphatic heterocycles. The molecule has 1 N–H and O–H groups in total. The van der Waals surface area contributed by atoms with E-state index in [9.17, 15) is 4.79 Å². The van der Waals surface area contributed by atoms with Gasteiger partial charge in [0.1, 0.15) is 0 Å². The van der Waals surface area contributed by atoms with Crippen molar-refractivity contribution >= 4 is 17.3 Å². The first-order valence-electron chi connectivity index (χ1n) is 9.26. The van der Waals surface area contributed by atoms with Crippen molar-refractivity contribution in [3.8, 4) is 0 Å². The van der Waals surface area contributed by atoms with Crippen molar-refractivity contribution in [3.05, 3.63) is 41.2 Å². The standard InChI is InChI=1S/C20H29N5O/c1-15-19(16(2)24(4)22-15)9-10-20(26)21-17-5-7-18(8-6-17)25-13-11-23(3)12-14-25/h5-8H,9-14H2,1-4H3,(H,21,26). The summed E-state index contributed by atoms with van der Waals surface area (Å²) in [5.41, 5.74) is 5.39. The molecule has 0 saturated carbocycles. The number of aryl methyl sites for hydroxylation is 2. The number of anilines is 2. The van der Waals surface area contributed by atoms with Crippen molar-refractivity contribution in [1.29, 1.82) is 0 Å². The molecule has 6 heteroatoms. The molecule has 0 bridgehead atoms. The van der Waals surface area contributed by atoms with Crippen LogP contribution in [-0.4, -0.2) is 53.8 Å². The third kappa shape index (κ3) is 4.25. The van der Waals surface area contributed by atoms with E-state index in [1.54, 1.807) is 0 Å². The summed E-state index contributed by atoms with van der Waals surface area (Å²) in [6.45, 7) is 8.32. The van der Waals surface area contributed by atoms with Crippen molar-refractivity contribution in [2.45, 2.75) is 26.7 Å². The average Bonchev–Trinajstić information content (AvgIpc) is 2.87. The minimum atomic E-state index is 0.0417. The molecule has 1 fully saturated rings. The highest BCUT2D eigenvalue weighted by Gasteiger charge is 2.14. The lowest BCUT2D eigenvalue weighted by Gasteiger charge is -2.34. The zero-order valence-electron chi connectivity index (χ0n) is 16.2. The zero-order chi connectivity index (χ0) is 18.7. The summed E-state index contributed by atoms with van der Waals surface area (Å²) in [4.78, 5) is 17.0. The average molecular weight is 355 g/mol. The summed E-state index contributed by atoms with van der Waals surface area (Å²) < 4.78 is 1.87. The van der Waals surface area contributed by atoms with Gasteiger partial charge < -0.3 is 15.1 Å². The number of amides is 1. The monoisotopic (exact) mass is 355 g/mol. The number of rotatable bonds is 5. The minimum absolute atomic E-state index is 0.0417. The number of carbonyl (C=O) groups is 1. The van der Waals surface area contributed by atoms with E-state index in [4.69, 9.17) is 0 Å². The molecular weight excluding hydrogens is 326 g/mol. The van der Waals surface area contributed by atoms with Crippen LogP contribution in [0.15, 0.2) is 24.3 Å². The quantitative estimate of drug-likeness (QED) is 0.895. The van der Waals surface area contributed by atoms with Gasteiger partial charge in [-0.15, -0.1) is 0 Å². The number of aromatic nitrogens is 2. The summed E-state index contributed by atoms with van der Waals surface area (Å²) >= 11 is 0. The molecule has 0 unspecified atom stereocenters. The van der Waals surface area contributed by atoms with Gasteiger partial charge in [-0.05, 0) is 57.1 Å². The van der Waals surface area contributed by atoms with Gasteiger partial charge in [0, 0.05) is 56.7 Å². The molecule has 6 nitrogen and oxygen atoms in total. The molecule has 3 rings (SSSR count). The van der Waals surface area contributed by atoms with Crippen LogP contribution in [0.5, 0.6) is 0 Å². The highest BCUT2D eigenvalue weighted by Crippen LogP contribution is 2.20. The Balaban J connectivity index is 1.53. The Hall–Kier alpha value is -2.34.